The molecule has 0 aromatic heterocycles. The SMILES string of the molecule is C=COCCOCCOCCOCCOCCOCCOCCOCCOCCOCCCCCC. The fraction of sp³-hybridized carbons (Fsp3) is 0.923. The first-order valence-corrected chi connectivity index (χ1v) is 13.3. The lowest BCUT2D eigenvalue weighted by Crippen LogP contribution is -2.15. The van der Waals surface area contributed by atoms with Crippen molar-refractivity contribution in [3.63, 3.8) is 0 Å². The summed E-state index contributed by atoms with van der Waals surface area (Å²) in [7, 11) is 0. The lowest BCUT2D eigenvalue weighted by Gasteiger charge is -2.09. The van der Waals surface area contributed by atoms with Crippen molar-refractivity contribution in [1.82, 2.24) is 0 Å². The Hall–Kier alpha value is -0.820. The second kappa shape index (κ2) is 34.2. The zero-order valence-corrected chi connectivity index (χ0v) is 22.6. The number of rotatable bonds is 33. The van der Waals surface area contributed by atoms with E-state index in [0.717, 1.165) is 13.0 Å². The minimum absolute atomic E-state index is 0.508. The van der Waals surface area contributed by atoms with Crippen LogP contribution in [-0.2, 0) is 47.4 Å². The van der Waals surface area contributed by atoms with Gasteiger partial charge in [0.2, 0.25) is 0 Å². The smallest absolute Gasteiger partial charge is 0.111 e. The van der Waals surface area contributed by atoms with E-state index in [4.69, 9.17) is 47.4 Å². The van der Waals surface area contributed by atoms with Gasteiger partial charge in [-0.15, -0.1) is 0 Å². The highest BCUT2D eigenvalue weighted by molar-refractivity contribution is 4.47. The lowest BCUT2D eigenvalue weighted by atomic mass is 10.2. The van der Waals surface area contributed by atoms with Crippen LogP contribution in [0.1, 0.15) is 32.6 Å². The first-order chi connectivity index (χ1) is 17.9. The Kier molecular flexibility index (Phi) is 33.4. The average molecular weight is 525 g/mol. The van der Waals surface area contributed by atoms with Crippen molar-refractivity contribution in [1.29, 1.82) is 0 Å². The van der Waals surface area contributed by atoms with Crippen LogP contribution in [0.4, 0.5) is 0 Å². The molecule has 0 amide bonds. The van der Waals surface area contributed by atoms with Crippen LogP contribution in [0.15, 0.2) is 12.8 Å². The van der Waals surface area contributed by atoms with Crippen molar-refractivity contribution in [2.24, 2.45) is 0 Å². The van der Waals surface area contributed by atoms with E-state index in [9.17, 15) is 0 Å². The summed E-state index contributed by atoms with van der Waals surface area (Å²) in [5.41, 5.74) is 0. The van der Waals surface area contributed by atoms with E-state index >= 15 is 0 Å². The molecule has 0 fully saturated rings. The monoisotopic (exact) mass is 524 g/mol. The van der Waals surface area contributed by atoms with Crippen LogP contribution in [0.25, 0.3) is 0 Å². The van der Waals surface area contributed by atoms with Gasteiger partial charge in [-0.2, -0.15) is 0 Å². The highest BCUT2D eigenvalue weighted by atomic mass is 16.6. The summed E-state index contributed by atoms with van der Waals surface area (Å²) in [6.45, 7) is 16.3. The van der Waals surface area contributed by atoms with Gasteiger partial charge in [0, 0.05) is 6.61 Å². The fourth-order valence-corrected chi connectivity index (χ4v) is 2.68. The van der Waals surface area contributed by atoms with E-state index in [0.29, 0.717) is 119 Å². The van der Waals surface area contributed by atoms with Gasteiger partial charge < -0.3 is 47.4 Å². The van der Waals surface area contributed by atoms with Crippen molar-refractivity contribution in [2.45, 2.75) is 32.6 Å². The molecule has 0 radical (unpaired) electrons. The molecule has 0 spiro atoms. The number of unbranched alkanes of at least 4 members (excludes halogenated alkanes) is 3. The Morgan fingerprint density at radius 3 is 0.917 bits per heavy atom. The highest BCUT2D eigenvalue weighted by Crippen LogP contribution is 1.98. The molecular formula is C26H52O10. The standard InChI is InChI=1S/C26H52O10/c1-3-5-6-7-8-28-11-12-30-15-16-32-19-20-34-23-24-36-26-25-35-22-21-33-18-17-31-14-13-29-10-9-27-4-2/h4H,2-3,5-26H2,1H3. The van der Waals surface area contributed by atoms with E-state index in [1.807, 2.05) is 0 Å². The van der Waals surface area contributed by atoms with Crippen molar-refractivity contribution >= 4 is 0 Å². The summed E-state index contributed by atoms with van der Waals surface area (Å²) in [6.07, 6.45) is 6.31. The second-order valence-corrected chi connectivity index (χ2v) is 7.61. The Morgan fingerprint density at radius 1 is 0.361 bits per heavy atom. The van der Waals surface area contributed by atoms with Crippen LogP contribution in [0, 0.1) is 0 Å². The molecule has 0 N–H and O–H groups in total. The minimum Gasteiger partial charge on any atom is -0.499 e. The van der Waals surface area contributed by atoms with Crippen LogP contribution >= 0.6 is 0 Å². The van der Waals surface area contributed by atoms with Crippen LogP contribution in [0.3, 0.4) is 0 Å². The quantitative estimate of drug-likeness (QED) is 0.0942. The van der Waals surface area contributed by atoms with E-state index in [1.165, 1.54) is 25.5 Å². The molecule has 10 nitrogen and oxygen atoms in total. The van der Waals surface area contributed by atoms with Gasteiger partial charge in [0.05, 0.1) is 119 Å². The van der Waals surface area contributed by atoms with Crippen LogP contribution < -0.4 is 0 Å². The average Bonchev–Trinajstić information content (AvgIpc) is 2.89. The van der Waals surface area contributed by atoms with E-state index in [1.54, 1.807) is 0 Å². The van der Waals surface area contributed by atoms with Gasteiger partial charge in [0.15, 0.2) is 0 Å². The Bertz CT molecular complexity index is 401. The van der Waals surface area contributed by atoms with E-state index < -0.39 is 0 Å². The second-order valence-electron chi connectivity index (χ2n) is 7.61. The molecule has 0 saturated heterocycles. The van der Waals surface area contributed by atoms with Gasteiger partial charge >= 0.3 is 0 Å². The Morgan fingerprint density at radius 2 is 0.639 bits per heavy atom. The highest BCUT2D eigenvalue weighted by Gasteiger charge is 1.96. The molecule has 10 heteroatoms. The first kappa shape index (κ1) is 35.2. The molecule has 0 aliphatic rings. The molecule has 0 rings (SSSR count). The predicted molar refractivity (Wildman–Crippen MR) is 138 cm³/mol. The van der Waals surface area contributed by atoms with Gasteiger partial charge in [-0.25, -0.2) is 0 Å². The minimum atomic E-state index is 0.508. The van der Waals surface area contributed by atoms with Gasteiger partial charge in [-0.3, -0.25) is 0 Å². The van der Waals surface area contributed by atoms with Crippen molar-refractivity contribution < 1.29 is 47.4 Å². The molecule has 0 heterocycles. The normalized spacial score (nSPS) is 11.2. The summed E-state index contributed by atoms with van der Waals surface area (Å²) < 4.78 is 53.9. The number of hydrogen-bond acceptors (Lipinski definition) is 10. The summed E-state index contributed by atoms with van der Waals surface area (Å²) in [5, 5.41) is 0. The molecule has 0 saturated carbocycles. The van der Waals surface area contributed by atoms with Crippen LogP contribution in [0.5, 0.6) is 0 Å². The largest absolute Gasteiger partial charge is 0.499 e. The predicted octanol–water partition coefficient (Wildman–Crippen LogP) is 2.88. The summed E-state index contributed by atoms with van der Waals surface area (Å²) in [6, 6.07) is 0. The topological polar surface area (TPSA) is 92.3 Å². The van der Waals surface area contributed by atoms with Gasteiger partial charge in [0.25, 0.3) is 0 Å². The molecular weight excluding hydrogens is 472 g/mol. The molecule has 0 aliphatic carbocycles. The molecule has 0 unspecified atom stereocenters. The van der Waals surface area contributed by atoms with Crippen LogP contribution in [0.2, 0.25) is 0 Å². The third-order valence-corrected chi connectivity index (χ3v) is 4.58. The maximum absolute atomic E-state index is 5.51. The maximum atomic E-state index is 5.51. The first-order valence-electron chi connectivity index (χ1n) is 13.3. The number of ether oxygens (including phenoxy) is 10. The molecule has 0 aromatic rings. The van der Waals surface area contributed by atoms with Crippen molar-refractivity contribution in [2.75, 3.05) is 126 Å². The molecule has 0 atom stereocenters. The zero-order chi connectivity index (χ0) is 26.0. The molecule has 216 valence electrons. The van der Waals surface area contributed by atoms with Crippen molar-refractivity contribution in [3.05, 3.63) is 12.8 Å². The molecule has 0 aliphatic heterocycles. The lowest BCUT2D eigenvalue weighted by molar-refractivity contribution is -0.0256. The third kappa shape index (κ3) is 33.2. The van der Waals surface area contributed by atoms with Crippen molar-refractivity contribution in [3.8, 4) is 0 Å². The molecule has 0 aromatic carbocycles. The van der Waals surface area contributed by atoms with E-state index in [-0.39, 0.29) is 0 Å². The Labute approximate surface area is 218 Å². The van der Waals surface area contributed by atoms with Gasteiger partial charge in [0.1, 0.15) is 6.61 Å². The Balaban J connectivity index is 3.00. The summed E-state index contributed by atoms with van der Waals surface area (Å²) in [5.74, 6) is 0. The van der Waals surface area contributed by atoms with Crippen LogP contribution in [-0.4, -0.2) is 126 Å². The van der Waals surface area contributed by atoms with E-state index in [2.05, 4.69) is 13.5 Å². The number of hydrogen-bond donors (Lipinski definition) is 0. The molecule has 36 heavy (non-hydrogen) atoms. The summed E-state index contributed by atoms with van der Waals surface area (Å²) >= 11 is 0. The maximum Gasteiger partial charge on any atom is 0.111 e. The zero-order valence-electron chi connectivity index (χ0n) is 22.6. The van der Waals surface area contributed by atoms with Gasteiger partial charge in [-0.05, 0) is 6.42 Å². The van der Waals surface area contributed by atoms with Gasteiger partial charge in [-0.1, -0.05) is 32.8 Å². The fourth-order valence-electron chi connectivity index (χ4n) is 2.68. The molecule has 0 bridgehead atoms. The third-order valence-electron chi connectivity index (χ3n) is 4.58. The summed E-state index contributed by atoms with van der Waals surface area (Å²) in [4.78, 5) is 0.